The number of aromatic amines is 1. The van der Waals surface area contributed by atoms with Crippen molar-refractivity contribution >= 4 is 0 Å². The van der Waals surface area contributed by atoms with Gasteiger partial charge in [0.2, 0.25) is 0 Å². The lowest BCUT2D eigenvalue weighted by molar-refractivity contribution is 0.193. The number of aryl methyl sites for hydroxylation is 1. The summed E-state index contributed by atoms with van der Waals surface area (Å²) in [4.78, 5) is 6.97. The Labute approximate surface area is 142 Å². The number of imidazole rings is 1. The van der Waals surface area contributed by atoms with Gasteiger partial charge in [-0.25, -0.2) is 4.98 Å². The molecule has 5 heteroatoms. The van der Waals surface area contributed by atoms with Crippen molar-refractivity contribution in [3.63, 3.8) is 0 Å². The van der Waals surface area contributed by atoms with E-state index in [1.54, 1.807) is 0 Å². The van der Waals surface area contributed by atoms with E-state index in [2.05, 4.69) is 62.0 Å². The Kier molecular flexibility index (Phi) is 4.17. The summed E-state index contributed by atoms with van der Waals surface area (Å²) in [7, 11) is 2.06. The molecule has 1 fully saturated rings. The van der Waals surface area contributed by atoms with Gasteiger partial charge in [0.15, 0.2) is 0 Å². The molecule has 1 N–H and O–H groups in total. The van der Waals surface area contributed by atoms with Gasteiger partial charge in [-0.2, -0.15) is 5.10 Å². The van der Waals surface area contributed by atoms with Crippen LogP contribution in [0.5, 0.6) is 0 Å². The minimum atomic E-state index is 0.497. The van der Waals surface area contributed by atoms with Crippen molar-refractivity contribution in [1.82, 2.24) is 24.6 Å². The smallest absolute Gasteiger partial charge is 0.122 e. The normalized spacial score (nSPS) is 18.8. The van der Waals surface area contributed by atoms with Gasteiger partial charge in [-0.05, 0) is 24.9 Å². The number of hydrogen-bond acceptors (Lipinski definition) is 3. The summed E-state index contributed by atoms with van der Waals surface area (Å²) in [6, 6.07) is 10.5. The van der Waals surface area contributed by atoms with Crippen LogP contribution in [-0.4, -0.2) is 37.7 Å². The third kappa shape index (κ3) is 2.99. The number of hydrogen-bond donors (Lipinski definition) is 1. The zero-order chi connectivity index (χ0) is 16.4. The van der Waals surface area contributed by atoms with Crippen LogP contribution in [0.2, 0.25) is 0 Å². The summed E-state index contributed by atoms with van der Waals surface area (Å²) in [5.74, 6) is 1.63. The van der Waals surface area contributed by atoms with Crippen LogP contribution in [-0.2, 0) is 13.6 Å². The van der Waals surface area contributed by atoms with Crippen molar-refractivity contribution in [3.05, 3.63) is 60.4 Å². The number of nitrogens with zero attached hydrogens (tertiary/aromatic N) is 4. The minimum Gasteiger partial charge on any atom is -0.337 e. The zero-order valence-corrected chi connectivity index (χ0v) is 14.0. The van der Waals surface area contributed by atoms with Crippen LogP contribution in [0.15, 0.2) is 48.9 Å². The van der Waals surface area contributed by atoms with E-state index in [0.29, 0.717) is 5.92 Å². The summed E-state index contributed by atoms with van der Waals surface area (Å²) in [5.41, 5.74) is 3.74. The number of rotatable bonds is 4. The molecule has 0 saturated carbocycles. The SMILES string of the molecule is Cn1ccnc1CN1CCC[C@@H](c2[nH]ncc2-c2ccccc2)C1. The number of aromatic nitrogens is 4. The Morgan fingerprint density at radius 2 is 2.12 bits per heavy atom. The lowest BCUT2D eigenvalue weighted by atomic mass is 9.90. The fraction of sp³-hybridized carbons (Fsp3) is 0.368. The highest BCUT2D eigenvalue weighted by atomic mass is 15.2. The zero-order valence-electron chi connectivity index (χ0n) is 14.0. The van der Waals surface area contributed by atoms with Gasteiger partial charge in [0.1, 0.15) is 5.82 Å². The molecular weight excluding hydrogens is 298 g/mol. The van der Waals surface area contributed by atoms with E-state index in [9.17, 15) is 0 Å². The standard InChI is InChI=1S/C19H23N5/c1-23-11-9-20-18(23)14-24-10-5-8-16(13-24)19-17(12-21-22-19)15-6-3-2-4-7-15/h2-4,6-7,9,11-12,16H,5,8,10,13-14H2,1H3,(H,21,22)/t16-/m1/s1. The molecule has 2 aromatic heterocycles. The first kappa shape index (κ1) is 15.1. The van der Waals surface area contributed by atoms with Gasteiger partial charge in [0, 0.05) is 43.2 Å². The fourth-order valence-corrected chi connectivity index (χ4v) is 3.64. The second kappa shape index (κ2) is 6.61. The van der Waals surface area contributed by atoms with Crippen LogP contribution in [0.25, 0.3) is 11.1 Å². The molecule has 0 spiro atoms. The van der Waals surface area contributed by atoms with Gasteiger partial charge in [0.25, 0.3) is 0 Å². The molecule has 5 nitrogen and oxygen atoms in total. The molecular formula is C19H23N5. The second-order valence-electron chi connectivity index (χ2n) is 6.59. The molecule has 1 aliphatic heterocycles. The Hall–Kier alpha value is -2.40. The Bertz CT molecular complexity index is 789. The molecule has 1 aliphatic rings. The first-order valence-corrected chi connectivity index (χ1v) is 8.58. The van der Waals surface area contributed by atoms with Crippen molar-refractivity contribution in [2.24, 2.45) is 7.05 Å². The topological polar surface area (TPSA) is 49.7 Å². The monoisotopic (exact) mass is 321 g/mol. The van der Waals surface area contributed by atoms with Crippen LogP contribution in [0.4, 0.5) is 0 Å². The first-order valence-electron chi connectivity index (χ1n) is 8.58. The second-order valence-corrected chi connectivity index (χ2v) is 6.59. The van der Waals surface area contributed by atoms with Crippen LogP contribution in [0.1, 0.15) is 30.3 Å². The molecule has 3 heterocycles. The Morgan fingerprint density at radius 3 is 2.92 bits per heavy atom. The highest BCUT2D eigenvalue weighted by molar-refractivity contribution is 5.65. The molecule has 24 heavy (non-hydrogen) atoms. The number of nitrogens with one attached hydrogen (secondary N) is 1. The van der Waals surface area contributed by atoms with Gasteiger partial charge in [-0.15, -0.1) is 0 Å². The molecule has 1 saturated heterocycles. The van der Waals surface area contributed by atoms with Crippen LogP contribution in [0.3, 0.4) is 0 Å². The summed E-state index contributed by atoms with van der Waals surface area (Å²) < 4.78 is 2.11. The predicted octanol–water partition coefficient (Wildman–Crippen LogP) is 3.19. The molecule has 3 aromatic rings. The summed E-state index contributed by atoms with van der Waals surface area (Å²) in [6.45, 7) is 3.10. The van der Waals surface area contributed by atoms with E-state index in [1.807, 2.05) is 18.6 Å². The van der Waals surface area contributed by atoms with E-state index in [1.165, 1.54) is 29.7 Å². The average Bonchev–Trinajstić information content (AvgIpc) is 3.26. The van der Waals surface area contributed by atoms with Gasteiger partial charge >= 0.3 is 0 Å². The van der Waals surface area contributed by atoms with Gasteiger partial charge in [-0.1, -0.05) is 30.3 Å². The quantitative estimate of drug-likeness (QED) is 0.803. The molecule has 4 rings (SSSR count). The molecule has 124 valence electrons. The molecule has 0 bridgehead atoms. The largest absolute Gasteiger partial charge is 0.337 e. The number of piperidine rings is 1. The Balaban J connectivity index is 1.53. The van der Waals surface area contributed by atoms with Crippen molar-refractivity contribution in [2.45, 2.75) is 25.3 Å². The van der Waals surface area contributed by atoms with Gasteiger partial charge in [0.05, 0.1) is 12.7 Å². The van der Waals surface area contributed by atoms with Crippen molar-refractivity contribution < 1.29 is 0 Å². The molecule has 1 atom stereocenters. The highest BCUT2D eigenvalue weighted by Crippen LogP contribution is 2.33. The summed E-state index contributed by atoms with van der Waals surface area (Å²) in [6.07, 6.45) is 8.27. The maximum absolute atomic E-state index is 4.46. The van der Waals surface area contributed by atoms with Crippen LogP contribution in [0, 0.1) is 0 Å². The number of H-pyrrole nitrogens is 1. The molecule has 1 aromatic carbocycles. The van der Waals surface area contributed by atoms with Crippen molar-refractivity contribution in [3.8, 4) is 11.1 Å². The lowest BCUT2D eigenvalue weighted by Crippen LogP contribution is -2.34. The van der Waals surface area contributed by atoms with E-state index >= 15 is 0 Å². The fourth-order valence-electron chi connectivity index (χ4n) is 3.64. The molecule has 0 unspecified atom stereocenters. The highest BCUT2D eigenvalue weighted by Gasteiger charge is 2.25. The molecule has 0 amide bonds. The number of benzene rings is 1. The van der Waals surface area contributed by atoms with Crippen molar-refractivity contribution in [1.29, 1.82) is 0 Å². The summed E-state index contributed by atoms with van der Waals surface area (Å²) in [5, 5.41) is 7.60. The maximum atomic E-state index is 4.46. The summed E-state index contributed by atoms with van der Waals surface area (Å²) >= 11 is 0. The van der Waals surface area contributed by atoms with Gasteiger partial charge in [-0.3, -0.25) is 10.00 Å². The predicted molar refractivity (Wildman–Crippen MR) is 94.5 cm³/mol. The molecule has 0 radical (unpaired) electrons. The van der Waals surface area contributed by atoms with Crippen LogP contribution >= 0.6 is 0 Å². The van der Waals surface area contributed by atoms with E-state index in [-0.39, 0.29) is 0 Å². The molecule has 0 aliphatic carbocycles. The van der Waals surface area contributed by atoms with E-state index in [4.69, 9.17) is 0 Å². The van der Waals surface area contributed by atoms with E-state index in [0.717, 1.165) is 25.5 Å². The maximum Gasteiger partial charge on any atom is 0.122 e. The lowest BCUT2D eigenvalue weighted by Gasteiger charge is -2.32. The third-order valence-electron chi connectivity index (χ3n) is 4.95. The van der Waals surface area contributed by atoms with Crippen molar-refractivity contribution in [2.75, 3.05) is 13.1 Å². The number of likely N-dealkylation sites (tertiary alicyclic amines) is 1. The third-order valence-corrected chi connectivity index (χ3v) is 4.95. The van der Waals surface area contributed by atoms with Crippen LogP contribution < -0.4 is 0 Å². The first-order chi connectivity index (χ1) is 11.8. The Morgan fingerprint density at radius 1 is 1.25 bits per heavy atom. The average molecular weight is 321 g/mol. The van der Waals surface area contributed by atoms with E-state index < -0.39 is 0 Å². The minimum absolute atomic E-state index is 0.497. The van der Waals surface area contributed by atoms with Gasteiger partial charge < -0.3 is 4.57 Å².